The van der Waals surface area contributed by atoms with Crippen molar-refractivity contribution in [3.63, 3.8) is 0 Å². The van der Waals surface area contributed by atoms with Gasteiger partial charge in [-0.05, 0) is 72.3 Å². The first-order valence-corrected chi connectivity index (χ1v) is 17.8. The van der Waals surface area contributed by atoms with Crippen LogP contribution in [-0.2, 0) is 32.2 Å². The van der Waals surface area contributed by atoms with Gasteiger partial charge in [-0.25, -0.2) is 0 Å². The Morgan fingerprint density at radius 1 is 0.824 bits per heavy atom. The molecule has 1 heterocycles. The lowest BCUT2D eigenvalue weighted by molar-refractivity contribution is -0.253. The van der Waals surface area contributed by atoms with Crippen LogP contribution in [0.25, 0.3) is 11.1 Å². The average Bonchev–Trinajstić information content (AvgIpc) is 3.16. The minimum Gasteiger partial charge on any atom is -0.481 e. The first-order valence-electron chi connectivity index (χ1n) is 17.8. The molecular weight excluding hydrogens is 644 g/mol. The van der Waals surface area contributed by atoms with Crippen molar-refractivity contribution in [2.45, 2.75) is 89.2 Å². The lowest BCUT2D eigenvalue weighted by atomic mass is 9.97. The number of aliphatic hydroxyl groups excluding tert-OH is 2. The van der Waals surface area contributed by atoms with E-state index >= 15 is 0 Å². The molecule has 0 radical (unpaired) electrons. The molecule has 5 atom stereocenters. The number of rotatable bonds is 17. The summed E-state index contributed by atoms with van der Waals surface area (Å²) in [6.07, 6.45) is 1.38. The van der Waals surface area contributed by atoms with Crippen LogP contribution >= 0.6 is 0 Å². The number of hydrogen-bond acceptors (Lipinski definition) is 7. The highest BCUT2D eigenvalue weighted by molar-refractivity contribution is 5.76. The number of ether oxygens (including phenoxy) is 2. The van der Waals surface area contributed by atoms with Crippen LogP contribution < -0.4 is 5.32 Å². The van der Waals surface area contributed by atoms with Crippen LogP contribution in [0.3, 0.4) is 0 Å². The Labute approximate surface area is 300 Å². The van der Waals surface area contributed by atoms with Gasteiger partial charge in [0.15, 0.2) is 6.29 Å². The van der Waals surface area contributed by atoms with Crippen molar-refractivity contribution in [1.29, 1.82) is 0 Å². The Hall–Kier alpha value is -4.38. The summed E-state index contributed by atoms with van der Waals surface area (Å²) in [5.74, 6) is -0.856. The molecule has 0 aromatic heterocycles. The minimum absolute atomic E-state index is 0.0247. The number of nitrogens with one attached hydrogen (secondary N) is 1. The molecule has 1 amide bonds. The van der Waals surface area contributed by atoms with E-state index in [9.17, 15) is 19.8 Å². The zero-order valence-electron chi connectivity index (χ0n) is 29.5. The molecule has 0 spiro atoms. The van der Waals surface area contributed by atoms with E-state index in [1.807, 2.05) is 105 Å². The number of amides is 1. The van der Waals surface area contributed by atoms with Crippen LogP contribution in [0.5, 0.6) is 0 Å². The summed E-state index contributed by atoms with van der Waals surface area (Å²) in [4.78, 5) is 25.2. The minimum atomic E-state index is -0.809. The van der Waals surface area contributed by atoms with Crippen LogP contribution in [0.2, 0.25) is 0 Å². The Bertz CT molecular complexity index is 1700. The number of benzene rings is 4. The SMILES string of the molecule is CC(C(O)c1ccccc1)N(C)CC1CC(c2ccc(CO)cc2)OC(c2cccc(-c3cccc(CNC(=O)CCCCCC(=O)O)c3)c2)O1. The predicted molar refractivity (Wildman–Crippen MR) is 196 cm³/mol. The first kappa shape index (κ1) is 37.9. The van der Waals surface area contributed by atoms with Gasteiger partial charge in [0.25, 0.3) is 0 Å². The van der Waals surface area contributed by atoms with Crippen molar-refractivity contribution >= 4 is 11.9 Å². The Balaban J connectivity index is 1.28. The predicted octanol–water partition coefficient (Wildman–Crippen LogP) is 7.10. The molecule has 0 saturated carbocycles. The first-order chi connectivity index (χ1) is 24.7. The molecular formula is C42H50N2O7. The number of hydrogen-bond donors (Lipinski definition) is 4. The molecule has 0 bridgehead atoms. The van der Waals surface area contributed by atoms with Crippen LogP contribution in [0, 0.1) is 0 Å². The molecule has 270 valence electrons. The van der Waals surface area contributed by atoms with E-state index in [0.717, 1.165) is 38.9 Å². The van der Waals surface area contributed by atoms with Gasteiger partial charge in [0.1, 0.15) is 0 Å². The van der Waals surface area contributed by atoms with Crippen molar-refractivity contribution in [1.82, 2.24) is 10.2 Å². The quantitative estimate of drug-likeness (QED) is 0.0863. The number of carbonyl (C=O) groups excluding carboxylic acids is 1. The molecule has 9 nitrogen and oxygen atoms in total. The third-order valence-electron chi connectivity index (χ3n) is 9.60. The van der Waals surface area contributed by atoms with E-state index in [1.165, 1.54) is 0 Å². The number of carbonyl (C=O) groups is 2. The van der Waals surface area contributed by atoms with Crippen LogP contribution in [-0.4, -0.2) is 57.8 Å². The Morgan fingerprint density at radius 3 is 2.25 bits per heavy atom. The summed E-state index contributed by atoms with van der Waals surface area (Å²) < 4.78 is 13.3. The number of carboxylic acids is 1. The maximum atomic E-state index is 12.4. The third kappa shape index (κ3) is 11.1. The average molecular weight is 695 g/mol. The van der Waals surface area contributed by atoms with Gasteiger partial charge in [0, 0.05) is 44.0 Å². The highest BCUT2D eigenvalue weighted by Crippen LogP contribution is 2.39. The summed E-state index contributed by atoms with van der Waals surface area (Å²) >= 11 is 0. The molecule has 4 aromatic rings. The van der Waals surface area contributed by atoms with E-state index in [1.54, 1.807) is 0 Å². The summed E-state index contributed by atoms with van der Waals surface area (Å²) in [7, 11) is 2.01. The van der Waals surface area contributed by atoms with Crippen molar-refractivity contribution in [2.75, 3.05) is 13.6 Å². The van der Waals surface area contributed by atoms with Crippen LogP contribution in [0.4, 0.5) is 0 Å². The summed E-state index contributed by atoms with van der Waals surface area (Å²) in [5.41, 5.74) is 6.58. The van der Waals surface area contributed by atoms with Gasteiger partial charge in [0.2, 0.25) is 5.91 Å². The zero-order valence-corrected chi connectivity index (χ0v) is 29.5. The number of aliphatic carboxylic acids is 1. The van der Waals surface area contributed by atoms with E-state index in [2.05, 4.69) is 22.3 Å². The molecule has 5 unspecified atom stereocenters. The summed E-state index contributed by atoms with van der Waals surface area (Å²) in [5, 5.41) is 32.5. The number of nitrogens with zero attached hydrogens (tertiary/aromatic N) is 1. The topological polar surface area (TPSA) is 129 Å². The van der Waals surface area contributed by atoms with Crippen molar-refractivity contribution in [2.24, 2.45) is 0 Å². The van der Waals surface area contributed by atoms with Gasteiger partial charge in [-0.3, -0.25) is 14.5 Å². The molecule has 1 saturated heterocycles. The van der Waals surface area contributed by atoms with E-state index in [-0.39, 0.29) is 37.2 Å². The molecule has 9 heteroatoms. The molecule has 0 aliphatic carbocycles. The van der Waals surface area contributed by atoms with Gasteiger partial charge in [-0.1, -0.05) is 97.4 Å². The van der Waals surface area contributed by atoms with Gasteiger partial charge < -0.3 is 30.1 Å². The normalized spacial score (nSPS) is 18.6. The molecule has 1 aliphatic heterocycles. The Morgan fingerprint density at radius 2 is 1.53 bits per heavy atom. The molecule has 1 fully saturated rings. The molecule has 1 aliphatic rings. The number of likely N-dealkylation sites (N-methyl/N-ethyl adjacent to an activating group) is 1. The monoisotopic (exact) mass is 694 g/mol. The number of aliphatic hydroxyl groups is 2. The van der Waals surface area contributed by atoms with Gasteiger partial charge in [-0.2, -0.15) is 0 Å². The fourth-order valence-corrected chi connectivity index (χ4v) is 6.44. The fourth-order valence-electron chi connectivity index (χ4n) is 6.44. The largest absolute Gasteiger partial charge is 0.481 e. The second-order valence-corrected chi connectivity index (χ2v) is 13.4. The van der Waals surface area contributed by atoms with Gasteiger partial charge >= 0.3 is 5.97 Å². The standard InChI is InChI=1S/C42H50N2O7/c1-29(41(49)33-12-5-3-6-13-33)44(2)27-37-25-38(32-21-19-30(28-45)20-22-32)51-42(50-37)36-16-10-15-35(24-36)34-14-9-11-31(23-34)26-43-39(46)17-7-4-8-18-40(47)48/h3,5-6,9-16,19-24,29,37-38,41-42,45,49H,4,7-8,17-18,25-28H2,1-2H3,(H,43,46)(H,47,48). The van der Waals surface area contributed by atoms with Gasteiger partial charge in [0.05, 0.1) is 24.9 Å². The smallest absolute Gasteiger partial charge is 0.303 e. The van der Waals surface area contributed by atoms with E-state index in [0.29, 0.717) is 45.2 Å². The molecule has 4 N–H and O–H groups in total. The van der Waals surface area contributed by atoms with Gasteiger partial charge in [-0.15, -0.1) is 0 Å². The summed E-state index contributed by atoms with van der Waals surface area (Å²) in [6.45, 7) is 2.99. The lowest BCUT2D eigenvalue weighted by Crippen LogP contribution is -2.43. The van der Waals surface area contributed by atoms with Crippen molar-refractivity contribution in [3.8, 4) is 11.1 Å². The van der Waals surface area contributed by atoms with E-state index in [4.69, 9.17) is 14.6 Å². The highest BCUT2D eigenvalue weighted by Gasteiger charge is 2.34. The number of unbranched alkanes of at least 4 members (excludes halogenated alkanes) is 2. The summed E-state index contributed by atoms with van der Waals surface area (Å²) in [6, 6.07) is 33.6. The lowest BCUT2D eigenvalue weighted by Gasteiger charge is -2.39. The maximum Gasteiger partial charge on any atom is 0.303 e. The van der Waals surface area contributed by atoms with E-state index < -0.39 is 18.4 Å². The highest BCUT2D eigenvalue weighted by atomic mass is 16.7. The maximum absolute atomic E-state index is 12.4. The number of carboxylic acid groups (broad SMARTS) is 1. The van der Waals surface area contributed by atoms with Crippen molar-refractivity contribution < 1.29 is 34.4 Å². The molecule has 51 heavy (non-hydrogen) atoms. The zero-order chi connectivity index (χ0) is 36.2. The molecule has 5 rings (SSSR count). The fraction of sp³-hybridized carbons (Fsp3) is 0.381. The third-order valence-corrected chi connectivity index (χ3v) is 9.60. The molecule has 4 aromatic carbocycles. The second-order valence-electron chi connectivity index (χ2n) is 13.4. The van der Waals surface area contributed by atoms with Crippen molar-refractivity contribution in [3.05, 3.63) is 131 Å². The second kappa shape index (κ2) is 18.7. The Kier molecular flexibility index (Phi) is 13.9. The van der Waals surface area contributed by atoms with Crippen LogP contribution in [0.15, 0.2) is 103 Å². The van der Waals surface area contributed by atoms with Crippen LogP contribution in [0.1, 0.15) is 91.8 Å².